The van der Waals surface area contributed by atoms with Gasteiger partial charge in [0.2, 0.25) is 0 Å². The molecule has 0 unspecified atom stereocenters. The Hall–Kier alpha value is -1.24. The van der Waals surface area contributed by atoms with Gasteiger partial charge in [0.25, 0.3) is 0 Å². The third kappa shape index (κ3) is 4.20. The average molecular weight is 147 g/mol. The van der Waals surface area contributed by atoms with Crippen molar-refractivity contribution in [2.75, 3.05) is 6.54 Å². The molecule has 0 atom stereocenters. The first-order chi connectivity index (χ1) is 5.50. The fourth-order valence-corrected chi connectivity index (χ4v) is 0.802. The van der Waals surface area contributed by atoms with Crippen LogP contribution in [0.1, 0.15) is 6.42 Å². The van der Waals surface area contributed by atoms with Crippen LogP contribution in [0.5, 0.6) is 0 Å². The lowest BCUT2D eigenvalue weighted by molar-refractivity contribution is 0.917. The molecule has 0 saturated carbocycles. The van der Waals surface area contributed by atoms with Crippen molar-refractivity contribution in [2.45, 2.75) is 6.42 Å². The highest BCUT2D eigenvalue weighted by Crippen LogP contribution is 1.84. The van der Waals surface area contributed by atoms with Crippen LogP contribution in [0.4, 0.5) is 0 Å². The Kier molecular flexibility index (Phi) is 3.96. The van der Waals surface area contributed by atoms with Gasteiger partial charge in [0, 0.05) is 6.54 Å². The molecular formula is C10H13N. The quantitative estimate of drug-likeness (QED) is 0.593. The SMILES string of the molecule is C1=CNCC1.c1ccccc1. The predicted octanol–water partition coefficient (Wildman–Crippen LogP) is 2.18. The first-order valence-electron chi connectivity index (χ1n) is 3.88. The second kappa shape index (κ2) is 5.54. The molecule has 0 saturated heterocycles. The van der Waals surface area contributed by atoms with Gasteiger partial charge < -0.3 is 5.32 Å². The summed E-state index contributed by atoms with van der Waals surface area (Å²) in [5.41, 5.74) is 0. The first kappa shape index (κ1) is 7.86. The minimum absolute atomic E-state index is 1.14. The smallest absolute Gasteiger partial charge is 0.0176 e. The van der Waals surface area contributed by atoms with Gasteiger partial charge in [0.05, 0.1) is 0 Å². The van der Waals surface area contributed by atoms with Crippen molar-refractivity contribution in [3.63, 3.8) is 0 Å². The summed E-state index contributed by atoms with van der Waals surface area (Å²) >= 11 is 0. The van der Waals surface area contributed by atoms with E-state index in [-0.39, 0.29) is 0 Å². The maximum atomic E-state index is 3.04. The summed E-state index contributed by atoms with van der Waals surface area (Å²) in [5.74, 6) is 0. The largest absolute Gasteiger partial charge is 0.391 e. The normalized spacial score (nSPS) is 13.1. The molecule has 0 aromatic heterocycles. The summed E-state index contributed by atoms with van der Waals surface area (Å²) in [7, 11) is 0. The highest BCUT2D eigenvalue weighted by atomic mass is 14.8. The van der Waals surface area contributed by atoms with E-state index in [1.165, 1.54) is 6.42 Å². The van der Waals surface area contributed by atoms with Crippen LogP contribution in [0.15, 0.2) is 48.7 Å². The fourth-order valence-electron chi connectivity index (χ4n) is 0.802. The van der Waals surface area contributed by atoms with Crippen LogP contribution >= 0.6 is 0 Å². The molecule has 11 heavy (non-hydrogen) atoms. The molecule has 1 aliphatic heterocycles. The maximum absolute atomic E-state index is 3.04. The average Bonchev–Trinajstić information content (AvgIpc) is 2.64. The third-order valence-electron chi connectivity index (χ3n) is 1.36. The summed E-state index contributed by atoms with van der Waals surface area (Å²) in [5, 5.41) is 3.04. The number of rotatable bonds is 0. The minimum Gasteiger partial charge on any atom is -0.391 e. The summed E-state index contributed by atoms with van der Waals surface area (Å²) < 4.78 is 0. The zero-order valence-corrected chi connectivity index (χ0v) is 6.53. The number of benzene rings is 1. The Morgan fingerprint density at radius 3 is 1.55 bits per heavy atom. The van der Waals surface area contributed by atoms with Gasteiger partial charge >= 0.3 is 0 Å². The Balaban J connectivity index is 0.000000112. The van der Waals surface area contributed by atoms with Crippen LogP contribution in [0, 0.1) is 0 Å². The van der Waals surface area contributed by atoms with E-state index >= 15 is 0 Å². The molecule has 1 heterocycles. The van der Waals surface area contributed by atoms with E-state index in [2.05, 4.69) is 11.4 Å². The van der Waals surface area contributed by atoms with E-state index in [1.807, 2.05) is 42.6 Å². The van der Waals surface area contributed by atoms with Gasteiger partial charge in [0.1, 0.15) is 0 Å². The highest BCUT2D eigenvalue weighted by molar-refractivity contribution is 4.99. The fraction of sp³-hybridized carbons (Fsp3) is 0.200. The molecule has 0 radical (unpaired) electrons. The van der Waals surface area contributed by atoms with Crippen LogP contribution in [0.3, 0.4) is 0 Å². The molecule has 1 N–H and O–H groups in total. The van der Waals surface area contributed by atoms with Crippen molar-refractivity contribution in [3.8, 4) is 0 Å². The number of nitrogens with one attached hydrogen (secondary N) is 1. The van der Waals surface area contributed by atoms with Gasteiger partial charge in [-0.3, -0.25) is 0 Å². The van der Waals surface area contributed by atoms with E-state index in [9.17, 15) is 0 Å². The standard InChI is InChI=1S/C6H6.C4H7N/c1-2-4-6-5-3-1;1-2-4-5-3-1/h1-6H;1,3,5H,2,4H2. The predicted molar refractivity (Wildman–Crippen MR) is 48.2 cm³/mol. The second-order valence-electron chi connectivity index (χ2n) is 2.30. The van der Waals surface area contributed by atoms with Crippen molar-refractivity contribution >= 4 is 0 Å². The molecule has 58 valence electrons. The Labute approximate surface area is 67.8 Å². The molecule has 0 aliphatic carbocycles. The molecule has 1 aliphatic rings. The lowest BCUT2D eigenvalue weighted by Crippen LogP contribution is -1.96. The first-order valence-corrected chi connectivity index (χ1v) is 3.88. The topological polar surface area (TPSA) is 12.0 Å². The van der Waals surface area contributed by atoms with Crippen molar-refractivity contribution in [1.82, 2.24) is 5.32 Å². The van der Waals surface area contributed by atoms with E-state index < -0.39 is 0 Å². The molecule has 0 amide bonds. The van der Waals surface area contributed by atoms with Gasteiger partial charge in [-0.05, 0) is 12.6 Å². The minimum atomic E-state index is 1.14. The Bertz CT molecular complexity index is 159. The summed E-state index contributed by atoms with van der Waals surface area (Å²) in [4.78, 5) is 0. The zero-order chi connectivity index (χ0) is 7.78. The zero-order valence-electron chi connectivity index (χ0n) is 6.53. The summed E-state index contributed by atoms with van der Waals surface area (Å²) in [6, 6.07) is 12.0. The molecular weight excluding hydrogens is 134 g/mol. The number of hydrogen-bond acceptors (Lipinski definition) is 1. The van der Waals surface area contributed by atoms with Crippen LogP contribution in [0.2, 0.25) is 0 Å². The van der Waals surface area contributed by atoms with Crippen molar-refractivity contribution in [3.05, 3.63) is 48.7 Å². The molecule has 0 spiro atoms. The van der Waals surface area contributed by atoms with E-state index in [0.29, 0.717) is 0 Å². The van der Waals surface area contributed by atoms with Gasteiger partial charge in [-0.1, -0.05) is 42.5 Å². The molecule has 0 fully saturated rings. The second-order valence-corrected chi connectivity index (χ2v) is 2.30. The molecule has 1 aromatic rings. The van der Waals surface area contributed by atoms with Gasteiger partial charge in [-0.2, -0.15) is 0 Å². The Morgan fingerprint density at radius 1 is 0.818 bits per heavy atom. The Morgan fingerprint density at radius 2 is 1.36 bits per heavy atom. The summed E-state index contributed by atoms with van der Waals surface area (Å²) in [6.07, 6.45) is 5.32. The van der Waals surface area contributed by atoms with E-state index in [1.54, 1.807) is 0 Å². The van der Waals surface area contributed by atoms with Gasteiger partial charge in [-0.15, -0.1) is 0 Å². The highest BCUT2D eigenvalue weighted by Gasteiger charge is 1.81. The van der Waals surface area contributed by atoms with E-state index in [0.717, 1.165) is 6.54 Å². The van der Waals surface area contributed by atoms with E-state index in [4.69, 9.17) is 0 Å². The molecule has 1 heteroatoms. The van der Waals surface area contributed by atoms with Gasteiger partial charge in [-0.25, -0.2) is 0 Å². The third-order valence-corrected chi connectivity index (χ3v) is 1.36. The van der Waals surface area contributed by atoms with Crippen LogP contribution in [-0.4, -0.2) is 6.54 Å². The van der Waals surface area contributed by atoms with Crippen LogP contribution < -0.4 is 5.32 Å². The van der Waals surface area contributed by atoms with Crippen molar-refractivity contribution in [1.29, 1.82) is 0 Å². The van der Waals surface area contributed by atoms with Crippen LogP contribution in [0.25, 0.3) is 0 Å². The molecule has 2 rings (SSSR count). The van der Waals surface area contributed by atoms with Crippen molar-refractivity contribution in [2.24, 2.45) is 0 Å². The lowest BCUT2D eigenvalue weighted by Gasteiger charge is -1.78. The number of hydrogen-bond donors (Lipinski definition) is 1. The maximum Gasteiger partial charge on any atom is 0.0176 e. The summed E-state index contributed by atoms with van der Waals surface area (Å²) in [6.45, 7) is 1.14. The molecule has 1 aromatic carbocycles. The van der Waals surface area contributed by atoms with Gasteiger partial charge in [0.15, 0.2) is 0 Å². The van der Waals surface area contributed by atoms with Crippen LogP contribution in [-0.2, 0) is 0 Å². The lowest BCUT2D eigenvalue weighted by atomic mass is 10.4. The monoisotopic (exact) mass is 147 g/mol. The van der Waals surface area contributed by atoms with Crippen molar-refractivity contribution < 1.29 is 0 Å². The molecule has 1 nitrogen and oxygen atoms in total. The molecule has 0 bridgehead atoms.